The molecule has 0 amide bonds. The van der Waals surface area contributed by atoms with Crippen LogP contribution in [0.25, 0.3) is 22.0 Å². The van der Waals surface area contributed by atoms with Crippen molar-refractivity contribution in [1.29, 1.82) is 0 Å². The zero-order valence-electron chi connectivity index (χ0n) is 16.4. The van der Waals surface area contributed by atoms with Gasteiger partial charge in [-0.3, -0.25) is 4.79 Å². The van der Waals surface area contributed by atoms with Crippen molar-refractivity contribution in [2.75, 3.05) is 4.72 Å². The van der Waals surface area contributed by atoms with Gasteiger partial charge in [-0.15, -0.1) is 0 Å². The number of nitrogens with zero attached hydrogens (tertiary/aromatic N) is 2. The summed E-state index contributed by atoms with van der Waals surface area (Å²) in [5.74, 6) is -1.35. The maximum Gasteiger partial charge on any atom is 0.274 e. The molecule has 0 fully saturated rings. The number of rotatable bonds is 6. The van der Waals surface area contributed by atoms with E-state index in [1.807, 2.05) is 6.07 Å². The second-order valence-electron chi connectivity index (χ2n) is 6.60. The topological polar surface area (TPSA) is 56.1 Å². The Kier molecular flexibility index (Phi) is 5.73. The van der Waals surface area contributed by atoms with Gasteiger partial charge in [-0.05, 0) is 53.8 Å². The van der Waals surface area contributed by atoms with Crippen LogP contribution in [0.5, 0.6) is 11.5 Å². The molecule has 1 aromatic heterocycles. The van der Waals surface area contributed by atoms with Gasteiger partial charge in [0.25, 0.3) is 5.56 Å². The van der Waals surface area contributed by atoms with Gasteiger partial charge >= 0.3 is 0 Å². The Hall–Kier alpha value is -3.65. The molecule has 156 valence electrons. The third kappa shape index (κ3) is 4.15. The number of hydrogen-bond acceptors (Lipinski definition) is 5. The lowest BCUT2D eigenvalue weighted by atomic mass is 10.0. The van der Waals surface area contributed by atoms with E-state index in [0.29, 0.717) is 27.8 Å². The fourth-order valence-corrected chi connectivity index (χ4v) is 3.50. The molecule has 4 aromatic rings. The van der Waals surface area contributed by atoms with Gasteiger partial charge in [-0.25, -0.2) is 13.5 Å². The van der Waals surface area contributed by atoms with Crippen LogP contribution >= 0.6 is 11.9 Å². The van der Waals surface area contributed by atoms with Crippen LogP contribution in [0.2, 0.25) is 0 Å². The van der Waals surface area contributed by atoms with Crippen LogP contribution in [0.4, 0.5) is 14.5 Å². The lowest BCUT2D eigenvalue weighted by Crippen LogP contribution is -2.20. The van der Waals surface area contributed by atoms with Crippen molar-refractivity contribution in [2.24, 2.45) is 7.05 Å². The van der Waals surface area contributed by atoms with Gasteiger partial charge in [-0.2, -0.15) is 5.10 Å². The molecule has 8 heteroatoms. The Labute approximate surface area is 181 Å². The van der Waals surface area contributed by atoms with Gasteiger partial charge in [0.15, 0.2) is 11.6 Å². The number of halogens is 2. The monoisotopic (exact) mass is 437 g/mol. The van der Waals surface area contributed by atoms with Crippen molar-refractivity contribution in [3.05, 3.63) is 94.6 Å². The van der Waals surface area contributed by atoms with Crippen LogP contribution in [-0.4, -0.2) is 9.78 Å². The van der Waals surface area contributed by atoms with Crippen LogP contribution in [0, 0.1) is 11.6 Å². The summed E-state index contributed by atoms with van der Waals surface area (Å²) in [4.78, 5) is 12.5. The number of hydrogen-bond donors (Lipinski definition) is 1. The maximum atomic E-state index is 14.2. The fraction of sp³-hybridized carbons (Fsp3) is 0.0435. The zero-order chi connectivity index (χ0) is 22.0. The summed E-state index contributed by atoms with van der Waals surface area (Å²) in [5, 5.41) is 7.21. The number of benzene rings is 3. The highest BCUT2D eigenvalue weighted by Gasteiger charge is 2.17. The molecule has 0 unspecified atom stereocenters. The molecule has 3 aromatic carbocycles. The minimum absolute atomic E-state index is 0.127. The Balaban J connectivity index is 1.93. The summed E-state index contributed by atoms with van der Waals surface area (Å²) in [6.07, 6.45) is 0. The van der Waals surface area contributed by atoms with Gasteiger partial charge in [0.05, 0.1) is 5.39 Å². The predicted molar refractivity (Wildman–Crippen MR) is 120 cm³/mol. The molecular weight excluding hydrogens is 420 g/mol. The molecule has 0 saturated carbocycles. The molecule has 31 heavy (non-hydrogen) atoms. The lowest BCUT2D eigenvalue weighted by molar-refractivity contribution is 0.439. The van der Waals surface area contributed by atoms with Crippen LogP contribution < -0.4 is 15.0 Å². The number of anilines is 1. The summed E-state index contributed by atoms with van der Waals surface area (Å²) in [6.45, 7) is 3.66. The Morgan fingerprint density at radius 2 is 1.81 bits per heavy atom. The van der Waals surface area contributed by atoms with Gasteiger partial charge < -0.3 is 9.46 Å². The van der Waals surface area contributed by atoms with E-state index in [-0.39, 0.29) is 11.3 Å². The van der Waals surface area contributed by atoms with Crippen molar-refractivity contribution in [2.45, 2.75) is 0 Å². The highest BCUT2D eigenvalue weighted by atomic mass is 32.2. The molecule has 0 spiro atoms. The second-order valence-corrected chi connectivity index (χ2v) is 7.37. The number of ether oxygens (including phenoxy) is 1. The van der Waals surface area contributed by atoms with Gasteiger partial charge in [0.1, 0.15) is 17.3 Å². The minimum Gasteiger partial charge on any atom is -0.454 e. The van der Waals surface area contributed by atoms with E-state index >= 15 is 0 Å². The first kappa shape index (κ1) is 20.6. The van der Waals surface area contributed by atoms with Crippen molar-refractivity contribution in [1.82, 2.24) is 9.78 Å². The summed E-state index contributed by atoms with van der Waals surface area (Å²) in [6, 6.07) is 15.4. The summed E-state index contributed by atoms with van der Waals surface area (Å²) < 4.78 is 37.7. The smallest absolute Gasteiger partial charge is 0.274 e. The van der Waals surface area contributed by atoms with Crippen molar-refractivity contribution >= 4 is 28.4 Å². The van der Waals surface area contributed by atoms with E-state index < -0.39 is 11.6 Å². The molecule has 4 rings (SSSR count). The summed E-state index contributed by atoms with van der Waals surface area (Å²) in [5.41, 5.74) is 1.52. The van der Waals surface area contributed by atoms with Crippen LogP contribution in [0.1, 0.15) is 0 Å². The number of aryl methyl sites for hydroxylation is 1. The molecule has 0 aliphatic heterocycles. The van der Waals surface area contributed by atoms with Gasteiger partial charge in [0.2, 0.25) is 0 Å². The summed E-state index contributed by atoms with van der Waals surface area (Å²) >= 11 is 1.28. The van der Waals surface area contributed by atoms with Crippen molar-refractivity contribution in [3.63, 3.8) is 0 Å². The first-order valence-electron chi connectivity index (χ1n) is 9.24. The fourth-order valence-electron chi connectivity index (χ4n) is 3.15. The van der Waals surface area contributed by atoms with Gasteiger partial charge in [-0.1, -0.05) is 24.8 Å². The molecule has 0 radical (unpaired) electrons. The highest BCUT2D eigenvalue weighted by Crippen LogP contribution is 2.38. The normalized spacial score (nSPS) is 10.8. The van der Waals surface area contributed by atoms with Crippen LogP contribution in [0.15, 0.2) is 77.4 Å². The van der Waals surface area contributed by atoms with E-state index in [9.17, 15) is 13.6 Å². The van der Waals surface area contributed by atoms with Gasteiger partial charge in [0, 0.05) is 29.8 Å². The van der Waals surface area contributed by atoms with E-state index in [4.69, 9.17) is 4.74 Å². The molecule has 0 bridgehead atoms. The standard InChI is InChI=1S/C23H17F2N3O2S/c1-3-31-27-15-9-11-20(30-21-10-8-14(24)12-19(21)25)18(13-15)22-16-6-4-5-7-17(16)23(29)28(2)26-22/h3-13,27H,1H2,2H3. The zero-order valence-corrected chi connectivity index (χ0v) is 17.2. The maximum absolute atomic E-state index is 14.2. The molecule has 1 N–H and O–H groups in total. The van der Waals surface area contributed by atoms with Crippen LogP contribution in [0.3, 0.4) is 0 Å². The average molecular weight is 437 g/mol. The second kappa shape index (κ2) is 8.61. The molecule has 0 saturated heterocycles. The highest BCUT2D eigenvalue weighted by molar-refractivity contribution is 8.03. The third-order valence-electron chi connectivity index (χ3n) is 4.57. The van der Waals surface area contributed by atoms with E-state index in [1.165, 1.54) is 22.7 Å². The quantitative estimate of drug-likeness (QED) is 0.382. The largest absolute Gasteiger partial charge is 0.454 e. The Morgan fingerprint density at radius 3 is 2.55 bits per heavy atom. The number of fused-ring (bicyclic) bond motifs is 1. The SMILES string of the molecule is C=CSNc1ccc(Oc2ccc(F)cc2F)c(-c2nn(C)c(=O)c3ccccc23)c1. The molecular formula is C23H17F2N3O2S. The number of nitrogens with one attached hydrogen (secondary N) is 1. The number of aromatic nitrogens is 2. The molecule has 1 heterocycles. The molecule has 0 atom stereocenters. The first-order chi connectivity index (χ1) is 15.0. The molecule has 0 aliphatic carbocycles. The summed E-state index contributed by atoms with van der Waals surface area (Å²) in [7, 11) is 1.56. The average Bonchev–Trinajstić information content (AvgIpc) is 2.77. The minimum atomic E-state index is -0.825. The Bertz CT molecular complexity index is 1350. The predicted octanol–water partition coefficient (Wildman–Crippen LogP) is 5.87. The van der Waals surface area contributed by atoms with E-state index in [2.05, 4.69) is 16.4 Å². The van der Waals surface area contributed by atoms with E-state index in [0.717, 1.165) is 17.8 Å². The Morgan fingerprint density at radius 1 is 1.06 bits per heavy atom. The molecule has 5 nitrogen and oxygen atoms in total. The van der Waals surface area contributed by atoms with E-state index in [1.54, 1.807) is 48.9 Å². The van der Waals surface area contributed by atoms with Crippen molar-refractivity contribution < 1.29 is 13.5 Å². The lowest BCUT2D eigenvalue weighted by Gasteiger charge is -2.15. The molecule has 0 aliphatic rings. The third-order valence-corrected chi connectivity index (χ3v) is 5.09. The van der Waals surface area contributed by atoms with Crippen LogP contribution in [-0.2, 0) is 7.05 Å². The first-order valence-corrected chi connectivity index (χ1v) is 10.1. The van der Waals surface area contributed by atoms with Crippen molar-refractivity contribution in [3.8, 4) is 22.8 Å².